The quantitative estimate of drug-likeness (QED) is 0.582. The lowest BCUT2D eigenvalue weighted by Gasteiger charge is -2.28. The standard InChI is InChI=1S/C25H28N2O.ClH/c1-27(2)17-20-14-23-12-13-24(15-25(23)26-16-20)28-18-19-8-10-22(11-9-19)21-6-4-3-5-7-21;/h3-13,15,20,26H,14,16-18H2,1-2H3;1H. The Bertz CT molecular complexity index is 910. The molecule has 0 aliphatic carbocycles. The average Bonchev–Trinajstić information content (AvgIpc) is 2.73. The van der Waals surface area contributed by atoms with Crippen molar-refractivity contribution in [3.8, 4) is 16.9 Å². The monoisotopic (exact) mass is 408 g/mol. The molecule has 29 heavy (non-hydrogen) atoms. The Balaban J connectivity index is 0.00000240. The summed E-state index contributed by atoms with van der Waals surface area (Å²) in [5.41, 5.74) is 6.25. The van der Waals surface area contributed by atoms with E-state index in [0.717, 1.165) is 25.3 Å². The second kappa shape index (κ2) is 9.82. The van der Waals surface area contributed by atoms with Crippen LogP contribution in [0.5, 0.6) is 5.75 Å². The zero-order chi connectivity index (χ0) is 19.3. The number of ether oxygens (including phenoxy) is 1. The third-order valence-electron chi connectivity index (χ3n) is 5.26. The predicted molar refractivity (Wildman–Crippen MR) is 124 cm³/mol. The summed E-state index contributed by atoms with van der Waals surface area (Å²) < 4.78 is 6.05. The highest BCUT2D eigenvalue weighted by molar-refractivity contribution is 5.85. The van der Waals surface area contributed by atoms with Gasteiger partial charge in [0.05, 0.1) is 0 Å². The van der Waals surface area contributed by atoms with Crippen molar-refractivity contribution in [1.29, 1.82) is 0 Å². The normalized spacial score (nSPS) is 15.2. The van der Waals surface area contributed by atoms with E-state index in [1.165, 1.54) is 27.9 Å². The van der Waals surface area contributed by atoms with Crippen LogP contribution in [0.2, 0.25) is 0 Å². The molecule has 0 bridgehead atoms. The Morgan fingerprint density at radius 2 is 1.66 bits per heavy atom. The lowest BCUT2D eigenvalue weighted by atomic mass is 9.93. The van der Waals surface area contributed by atoms with E-state index in [4.69, 9.17) is 4.74 Å². The van der Waals surface area contributed by atoms with Crippen LogP contribution in [0.4, 0.5) is 5.69 Å². The van der Waals surface area contributed by atoms with E-state index in [-0.39, 0.29) is 12.4 Å². The third-order valence-corrected chi connectivity index (χ3v) is 5.26. The molecule has 3 aromatic carbocycles. The van der Waals surface area contributed by atoms with Crippen LogP contribution in [0.25, 0.3) is 11.1 Å². The summed E-state index contributed by atoms with van der Waals surface area (Å²) in [5.74, 6) is 1.59. The zero-order valence-electron chi connectivity index (χ0n) is 17.1. The minimum atomic E-state index is 0. The first-order valence-corrected chi connectivity index (χ1v) is 9.96. The topological polar surface area (TPSA) is 24.5 Å². The lowest BCUT2D eigenvalue weighted by molar-refractivity contribution is 0.305. The summed E-state index contributed by atoms with van der Waals surface area (Å²) in [4.78, 5) is 2.26. The minimum Gasteiger partial charge on any atom is -0.489 e. The van der Waals surface area contributed by atoms with Crippen molar-refractivity contribution in [2.75, 3.05) is 32.5 Å². The molecular formula is C25H29ClN2O. The summed E-state index contributed by atoms with van der Waals surface area (Å²) >= 11 is 0. The van der Waals surface area contributed by atoms with Gasteiger partial charge >= 0.3 is 0 Å². The first kappa shape index (κ1) is 21.2. The Morgan fingerprint density at radius 3 is 2.38 bits per heavy atom. The number of benzene rings is 3. The number of fused-ring (bicyclic) bond motifs is 1. The minimum absolute atomic E-state index is 0. The highest BCUT2D eigenvalue weighted by Gasteiger charge is 2.19. The van der Waals surface area contributed by atoms with Crippen molar-refractivity contribution in [3.05, 3.63) is 83.9 Å². The Labute approximate surface area is 180 Å². The van der Waals surface area contributed by atoms with Crippen LogP contribution in [0.15, 0.2) is 72.8 Å². The van der Waals surface area contributed by atoms with Crippen LogP contribution in [0, 0.1) is 5.92 Å². The summed E-state index contributed by atoms with van der Waals surface area (Å²) in [7, 11) is 4.28. The molecule has 1 heterocycles. The predicted octanol–water partition coefficient (Wildman–Crippen LogP) is 5.50. The molecule has 1 atom stereocenters. The van der Waals surface area contributed by atoms with Crippen LogP contribution >= 0.6 is 12.4 Å². The number of nitrogens with one attached hydrogen (secondary N) is 1. The molecule has 0 saturated heterocycles. The van der Waals surface area contributed by atoms with Crippen LogP contribution in [0.3, 0.4) is 0 Å². The number of hydrogen-bond acceptors (Lipinski definition) is 3. The number of anilines is 1. The maximum atomic E-state index is 6.05. The first-order valence-electron chi connectivity index (χ1n) is 9.96. The molecule has 1 unspecified atom stereocenters. The van der Waals surface area contributed by atoms with Gasteiger partial charge in [-0.2, -0.15) is 0 Å². The summed E-state index contributed by atoms with van der Waals surface area (Å²) in [6, 6.07) is 25.5. The molecule has 0 aromatic heterocycles. The van der Waals surface area contributed by atoms with Crippen molar-refractivity contribution in [3.63, 3.8) is 0 Å². The highest BCUT2D eigenvalue weighted by Crippen LogP contribution is 2.29. The smallest absolute Gasteiger partial charge is 0.121 e. The largest absolute Gasteiger partial charge is 0.489 e. The highest BCUT2D eigenvalue weighted by atomic mass is 35.5. The van der Waals surface area contributed by atoms with E-state index in [9.17, 15) is 0 Å². The molecule has 0 amide bonds. The Kier molecular flexibility index (Phi) is 7.18. The van der Waals surface area contributed by atoms with Gasteiger partial charge in [-0.25, -0.2) is 0 Å². The third kappa shape index (κ3) is 5.53. The van der Waals surface area contributed by atoms with Crippen LogP contribution < -0.4 is 10.1 Å². The van der Waals surface area contributed by atoms with Gasteiger partial charge in [0, 0.05) is 24.8 Å². The fraction of sp³-hybridized carbons (Fsp3) is 0.280. The van der Waals surface area contributed by atoms with Gasteiger partial charge in [-0.15, -0.1) is 12.4 Å². The van der Waals surface area contributed by atoms with E-state index < -0.39 is 0 Å². The molecule has 3 nitrogen and oxygen atoms in total. The molecule has 152 valence electrons. The molecular weight excluding hydrogens is 380 g/mol. The van der Waals surface area contributed by atoms with E-state index in [2.05, 4.69) is 91.0 Å². The van der Waals surface area contributed by atoms with Gasteiger partial charge in [0.2, 0.25) is 0 Å². The van der Waals surface area contributed by atoms with E-state index in [1.54, 1.807) is 0 Å². The van der Waals surface area contributed by atoms with Crippen molar-refractivity contribution in [2.45, 2.75) is 13.0 Å². The molecule has 0 saturated carbocycles. The van der Waals surface area contributed by atoms with Gasteiger partial charge < -0.3 is 15.0 Å². The molecule has 3 aromatic rings. The van der Waals surface area contributed by atoms with Crippen LogP contribution in [-0.4, -0.2) is 32.1 Å². The summed E-state index contributed by atoms with van der Waals surface area (Å²) in [6.07, 6.45) is 1.13. The van der Waals surface area contributed by atoms with Gasteiger partial charge in [0.15, 0.2) is 0 Å². The van der Waals surface area contributed by atoms with Gasteiger partial charge in [0.1, 0.15) is 12.4 Å². The zero-order valence-corrected chi connectivity index (χ0v) is 17.9. The fourth-order valence-electron chi connectivity index (χ4n) is 3.86. The first-order chi connectivity index (χ1) is 13.7. The van der Waals surface area contributed by atoms with Crippen LogP contribution in [0.1, 0.15) is 11.1 Å². The van der Waals surface area contributed by atoms with E-state index >= 15 is 0 Å². The van der Waals surface area contributed by atoms with Crippen LogP contribution in [-0.2, 0) is 13.0 Å². The molecule has 0 fully saturated rings. The number of hydrogen-bond donors (Lipinski definition) is 1. The SMILES string of the molecule is CN(C)CC1CNc2cc(OCc3ccc(-c4ccccc4)cc3)ccc2C1.Cl. The second-order valence-corrected chi connectivity index (χ2v) is 7.88. The maximum Gasteiger partial charge on any atom is 0.121 e. The van der Waals surface area contributed by atoms with Gasteiger partial charge in [0.25, 0.3) is 0 Å². The lowest BCUT2D eigenvalue weighted by Crippen LogP contribution is -2.31. The van der Waals surface area contributed by atoms with Crippen molar-refractivity contribution >= 4 is 18.1 Å². The number of halogens is 1. The van der Waals surface area contributed by atoms with Crippen molar-refractivity contribution in [2.24, 2.45) is 5.92 Å². The van der Waals surface area contributed by atoms with Gasteiger partial charge in [-0.05, 0) is 54.8 Å². The average molecular weight is 409 g/mol. The number of rotatable bonds is 6. The van der Waals surface area contributed by atoms with E-state index in [1.807, 2.05) is 6.07 Å². The van der Waals surface area contributed by atoms with Crippen molar-refractivity contribution < 1.29 is 4.74 Å². The molecule has 0 spiro atoms. The molecule has 4 heteroatoms. The van der Waals surface area contributed by atoms with Gasteiger partial charge in [-0.1, -0.05) is 60.7 Å². The second-order valence-electron chi connectivity index (χ2n) is 7.88. The summed E-state index contributed by atoms with van der Waals surface area (Å²) in [6.45, 7) is 2.72. The fourth-order valence-corrected chi connectivity index (χ4v) is 3.86. The molecule has 4 rings (SSSR count). The van der Waals surface area contributed by atoms with Crippen molar-refractivity contribution in [1.82, 2.24) is 4.90 Å². The summed E-state index contributed by atoms with van der Waals surface area (Å²) in [5, 5.41) is 3.58. The van der Waals surface area contributed by atoms with Gasteiger partial charge in [-0.3, -0.25) is 0 Å². The Hall–Kier alpha value is -2.49. The molecule has 1 aliphatic heterocycles. The molecule has 1 N–H and O–H groups in total. The maximum absolute atomic E-state index is 6.05. The molecule has 0 radical (unpaired) electrons. The number of nitrogens with zero attached hydrogens (tertiary/aromatic N) is 1. The molecule has 1 aliphatic rings. The Morgan fingerprint density at radius 1 is 0.931 bits per heavy atom. The van der Waals surface area contributed by atoms with E-state index in [0.29, 0.717) is 12.5 Å².